The molecule has 0 unspecified atom stereocenters. The Balaban J connectivity index is 1.98. The quantitative estimate of drug-likeness (QED) is 0.394. The zero-order chi connectivity index (χ0) is 22.2. The number of para-hydroxylation sites is 1. The van der Waals surface area contributed by atoms with Crippen LogP contribution in [-0.4, -0.2) is 19.2 Å². The highest BCUT2D eigenvalue weighted by Crippen LogP contribution is 2.32. The lowest BCUT2D eigenvalue weighted by Crippen LogP contribution is -2.13. The van der Waals surface area contributed by atoms with Gasteiger partial charge in [0.05, 0.1) is 20.9 Å². The zero-order valence-corrected chi connectivity index (χ0v) is 18.5. The van der Waals surface area contributed by atoms with Gasteiger partial charge in [-0.3, -0.25) is 9.78 Å². The summed E-state index contributed by atoms with van der Waals surface area (Å²) in [6.45, 7) is 5.91. The number of nitrogens with zero attached hydrogens (tertiary/aromatic N) is 1. The number of hydrogen-bond donors (Lipinski definition) is 0. The van der Waals surface area contributed by atoms with Crippen LogP contribution in [0.4, 0.5) is 0 Å². The van der Waals surface area contributed by atoms with Crippen LogP contribution in [0.25, 0.3) is 10.9 Å². The van der Waals surface area contributed by atoms with Gasteiger partial charge in [-0.25, -0.2) is 8.42 Å². The van der Waals surface area contributed by atoms with E-state index in [0.29, 0.717) is 16.5 Å². The molecule has 1 aromatic heterocycles. The first kappa shape index (κ1) is 20.9. The Morgan fingerprint density at radius 1 is 0.903 bits per heavy atom. The summed E-state index contributed by atoms with van der Waals surface area (Å²) >= 11 is 0. The highest BCUT2D eigenvalue weighted by Gasteiger charge is 2.28. The highest BCUT2D eigenvalue weighted by molar-refractivity contribution is 7.91. The van der Waals surface area contributed by atoms with Crippen molar-refractivity contribution in [2.45, 2.75) is 37.0 Å². The van der Waals surface area contributed by atoms with E-state index in [1.807, 2.05) is 26.8 Å². The number of ketones is 1. The van der Waals surface area contributed by atoms with E-state index in [1.54, 1.807) is 60.7 Å². The first-order chi connectivity index (χ1) is 14.8. The van der Waals surface area contributed by atoms with Gasteiger partial charge in [0.25, 0.3) is 0 Å². The Hall–Kier alpha value is -3.31. The summed E-state index contributed by atoms with van der Waals surface area (Å²) in [4.78, 5) is 18.0. The number of pyridine rings is 1. The number of aromatic nitrogens is 1. The molecule has 31 heavy (non-hydrogen) atoms. The first-order valence-electron chi connectivity index (χ1n) is 10.2. The van der Waals surface area contributed by atoms with E-state index in [-0.39, 0.29) is 21.1 Å². The average Bonchev–Trinajstić information content (AvgIpc) is 2.79. The summed E-state index contributed by atoms with van der Waals surface area (Å²) in [6.07, 6.45) is 2.20. The van der Waals surface area contributed by atoms with Gasteiger partial charge in [-0.05, 0) is 61.2 Å². The molecule has 4 nitrogen and oxygen atoms in total. The van der Waals surface area contributed by atoms with Crippen molar-refractivity contribution in [1.82, 2.24) is 4.98 Å². The van der Waals surface area contributed by atoms with E-state index in [4.69, 9.17) is 0 Å². The van der Waals surface area contributed by atoms with Crippen molar-refractivity contribution in [3.63, 3.8) is 0 Å². The molecule has 0 saturated carbocycles. The number of carbonyl (C=O) groups is 1. The van der Waals surface area contributed by atoms with Gasteiger partial charge < -0.3 is 0 Å². The molecule has 0 spiro atoms. The second-order valence-corrected chi connectivity index (χ2v) is 9.53. The third kappa shape index (κ3) is 3.77. The fraction of sp³-hybridized carbons (Fsp3) is 0.154. The number of rotatable bonds is 5. The lowest BCUT2D eigenvalue weighted by atomic mass is 9.99. The summed E-state index contributed by atoms with van der Waals surface area (Å²) in [6, 6.07) is 19.2. The fourth-order valence-electron chi connectivity index (χ4n) is 3.63. The molecule has 0 aliphatic heterocycles. The van der Waals surface area contributed by atoms with Crippen LogP contribution < -0.4 is 0 Å². The summed E-state index contributed by atoms with van der Waals surface area (Å²) < 4.78 is 27.5. The average molecular weight is 430 g/mol. The van der Waals surface area contributed by atoms with Crippen molar-refractivity contribution in [3.8, 4) is 0 Å². The van der Waals surface area contributed by atoms with E-state index in [9.17, 15) is 13.2 Å². The van der Waals surface area contributed by atoms with E-state index in [0.717, 1.165) is 23.1 Å². The van der Waals surface area contributed by atoms with Crippen molar-refractivity contribution >= 4 is 26.5 Å². The molecule has 0 amide bonds. The summed E-state index contributed by atoms with van der Waals surface area (Å²) in [5.74, 6) is -0.356. The maximum atomic E-state index is 13.7. The number of benzene rings is 3. The SMILES string of the molecule is CCc1ccc(S(=O)(=O)c2c(C(=O)c3ccc(C)c(C)c3)cnc3ccccc23)cc1. The monoisotopic (exact) mass is 429 g/mol. The third-order valence-corrected chi connectivity index (χ3v) is 7.52. The zero-order valence-electron chi connectivity index (χ0n) is 17.7. The highest BCUT2D eigenvalue weighted by atomic mass is 32.2. The summed E-state index contributed by atoms with van der Waals surface area (Å²) in [5.41, 5.74) is 4.14. The normalized spacial score (nSPS) is 11.6. The summed E-state index contributed by atoms with van der Waals surface area (Å²) in [5, 5.41) is 0.441. The Bertz CT molecular complexity index is 1400. The molecule has 0 atom stereocenters. The third-order valence-electron chi connectivity index (χ3n) is 5.65. The maximum Gasteiger partial charge on any atom is 0.208 e. The van der Waals surface area contributed by atoms with E-state index >= 15 is 0 Å². The van der Waals surface area contributed by atoms with Crippen molar-refractivity contribution in [1.29, 1.82) is 0 Å². The van der Waals surface area contributed by atoms with Crippen molar-refractivity contribution in [2.24, 2.45) is 0 Å². The molecule has 0 saturated heterocycles. The van der Waals surface area contributed by atoms with Crippen LogP contribution in [0.15, 0.2) is 82.7 Å². The minimum absolute atomic E-state index is 0.00516. The molecule has 0 fully saturated rings. The molecular weight excluding hydrogens is 406 g/mol. The number of carbonyl (C=O) groups excluding carboxylic acids is 1. The van der Waals surface area contributed by atoms with Gasteiger partial charge in [-0.1, -0.05) is 49.4 Å². The topological polar surface area (TPSA) is 64.1 Å². The minimum Gasteiger partial charge on any atom is -0.289 e. The van der Waals surface area contributed by atoms with Gasteiger partial charge in [-0.2, -0.15) is 0 Å². The number of hydrogen-bond acceptors (Lipinski definition) is 4. The van der Waals surface area contributed by atoms with Crippen molar-refractivity contribution < 1.29 is 13.2 Å². The summed E-state index contributed by atoms with van der Waals surface area (Å²) in [7, 11) is -3.95. The van der Waals surface area contributed by atoms with Crippen LogP contribution in [0, 0.1) is 13.8 Å². The molecule has 0 aliphatic rings. The van der Waals surface area contributed by atoms with Crippen molar-refractivity contribution in [2.75, 3.05) is 0 Å². The smallest absolute Gasteiger partial charge is 0.208 e. The molecule has 4 rings (SSSR count). The molecule has 0 bridgehead atoms. The van der Waals surface area contributed by atoms with Crippen LogP contribution >= 0.6 is 0 Å². The number of aryl methyl sites for hydroxylation is 3. The minimum atomic E-state index is -3.95. The standard InChI is InChI=1S/C26H23NO3S/c1-4-19-10-13-21(14-11-19)31(29,30)26-22-7-5-6-8-24(22)27-16-23(26)25(28)20-12-9-17(2)18(3)15-20/h5-16H,4H2,1-3H3. The van der Waals surface area contributed by atoms with Gasteiger partial charge in [0.2, 0.25) is 9.84 Å². The molecule has 0 radical (unpaired) electrons. The maximum absolute atomic E-state index is 13.7. The molecular formula is C26H23NO3S. The molecule has 5 heteroatoms. The van der Waals surface area contributed by atoms with Crippen molar-refractivity contribution in [3.05, 3.63) is 101 Å². The molecule has 0 aliphatic carbocycles. The number of sulfone groups is 1. The predicted octanol–water partition coefficient (Wildman–Crippen LogP) is 5.48. The van der Waals surface area contributed by atoms with Gasteiger partial charge in [0, 0.05) is 17.1 Å². The molecule has 0 N–H and O–H groups in total. The lowest BCUT2D eigenvalue weighted by molar-refractivity contribution is 0.103. The molecule has 1 heterocycles. The van der Waals surface area contributed by atoms with E-state index < -0.39 is 9.84 Å². The van der Waals surface area contributed by atoms with Gasteiger partial charge in [0.1, 0.15) is 0 Å². The van der Waals surface area contributed by atoms with E-state index in [2.05, 4.69) is 4.98 Å². The first-order valence-corrected chi connectivity index (χ1v) is 11.6. The largest absolute Gasteiger partial charge is 0.289 e. The van der Waals surface area contributed by atoms with Crippen LogP contribution in [0.1, 0.15) is 39.5 Å². The fourth-order valence-corrected chi connectivity index (χ4v) is 5.25. The molecule has 3 aromatic carbocycles. The second-order valence-electron chi connectivity index (χ2n) is 7.65. The Morgan fingerprint density at radius 3 is 2.29 bits per heavy atom. The predicted molar refractivity (Wildman–Crippen MR) is 122 cm³/mol. The second kappa shape index (κ2) is 8.08. The van der Waals surface area contributed by atoms with Crippen LogP contribution in [0.3, 0.4) is 0 Å². The number of fused-ring (bicyclic) bond motifs is 1. The van der Waals surface area contributed by atoms with E-state index in [1.165, 1.54) is 6.20 Å². The van der Waals surface area contributed by atoms with Crippen LogP contribution in [-0.2, 0) is 16.3 Å². The van der Waals surface area contributed by atoms with Gasteiger partial charge in [0.15, 0.2) is 5.78 Å². The van der Waals surface area contributed by atoms with Crippen LogP contribution in [0.5, 0.6) is 0 Å². The Morgan fingerprint density at radius 2 is 1.61 bits per heavy atom. The lowest BCUT2D eigenvalue weighted by Gasteiger charge is -2.14. The Kier molecular flexibility index (Phi) is 5.46. The Labute approximate surface area is 182 Å². The molecule has 156 valence electrons. The van der Waals surface area contributed by atoms with Crippen LogP contribution in [0.2, 0.25) is 0 Å². The van der Waals surface area contributed by atoms with Gasteiger partial charge >= 0.3 is 0 Å². The van der Waals surface area contributed by atoms with Gasteiger partial charge in [-0.15, -0.1) is 0 Å². The molecule has 4 aromatic rings.